The molecule has 0 saturated heterocycles. The van der Waals surface area contributed by atoms with Crippen molar-refractivity contribution in [2.24, 2.45) is 5.73 Å². The highest BCUT2D eigenvalue weighted by Gasteiger charge is 2.26. The molecule has 1 saturated carbocycles. The number of nitrogens with zero attached hydrogens (tertiary/aromatic N) is 2. The Kier molecular flexibility index (Phi) is 4.32. The quantitative estimate of drug-likeness (QED) is 0.546. The van der Waals surface area contributed by atoms with Crippen LogP contribution in [0.5, 0.6) is 0 Å². The van der Waals surface area contributed by atoms with E-state index in [1.54, 1.807) is 10.6 Å². The molecule has 2 aromatic carbocycles. The van der Waals surface area contributed by atoms with Gasteiger partial charge in [0, 0.05) is 29.9 Å². The van der Waals surface area contributed by atoms with E-state index in [1.165, 1.54) is 6.42 Å². The zero-order valence-electron chi connectivity index (χ0n) is 16.2. The van der Waals surface area contributed by atoms with Gasteiger partial charge in [-0.2, -0.15) is 0 Å². The molecule has 1 aliphatic rings. The second-order valence-electron chi connectivity index (χ2n) is 7.72. The Morgan fingerprint density at radius 1 is 0.931 bits per heavy atom. The highest BCUT2D eigenvalue weighted by molar-refractivity contribution is 5.93. The molecule has 2 N–H and O–H groups in total. The lowest BCUT2D eigenvalue weighted by Gasteiger charge is -2.29. The fraction of sp³-hybridized carbons (Fsp3) is 0.250. The maximum Gasteiger partial charge on any atom is 0.268 e. The zero-order valence-corrected chi connectivity index (χ0v) is 16.2. The number of fused-ring (bicyclic) bond motifs is 2. The molecule has 0 spiro atoms. The van der Waals surface area contributed by atoms with Crippen LogP contribution in [0.2, 0.25) is 0 Å². The third kappa shape index (κ3) is 2.73. The second kappa shape index (κ2) is 7.01. The van der Waals surface area contributed by atoms with E-state index >= 15 is 0 Å². The van der Waals surface area contributed by atoms with Gasteiger partial charge >= 0.3 is 0 Å². The number of benzene rings is 2. The second-order valence-corrected chi connectivity index (χ2v) is 7.72. The molecule has 2 heterocycles. The minimum atomic E-state index is -0.239. The summed E-state index contributed by atoms with van der Waals surface area (Å²) in [5.74, 6) is 0.334. The van der Waals surface area contributed by atoms with E-state index in [-0.39, 0.29) is 16.4 Å². The van der Waals surface area contributed by atoms with Crippen LogP contribution in [-0.4, -0.2) is 15.7 Å². The monoisotopic (exact) mass is 385 g/mol. The summed E-state index contributed by atoms with van der Waals surface area (Å²) < 4.78 is 3.78. The number of hydrogen-bond acceptors (Lipinski definition) is 3. The van der Waals surface area contributed by atoms with Crippen molar-refractivity contribution in [2.75, 3.05) is 6.54 Å². The molecule has 1 fully saturated rings. The summed E-state index contributed by atoms with van der Waals surface area (Å²) in [6.45, 7) is 0.985. The summed E-state index contributed by atoms with van der Waals surface area (Å²) in [6.07, 6.45) is 3.29. The predicted molar refractivity (Wildman–Crippen MR) is 117 cm³/mol. The Morgan fingerprint density at radius 2 is 1.66 bits per heavy atom. The Bertz CT molecular complexity index is 1330. The van der Waals surface area contributed by atoms with Gasteiger partial charge in [-0.05, 0) is 49.1 Å². The van der Waals surface area contributed by atoms with Gasteiger partial charge < -0.3 is 10.3 Å². The van der Waals surface area contributed by atoms with Crippen molar-refractivity contribution in [1.29, 1.82) is 0 Å². The maximum atomic E-state index is 13.7. The van der Waals surface area contributed by atoms with Crippen LogP contribution in [0.3, 0.4) is 0 Å². The van der Waals surface area contributed by atoms with E-state index in [1.807, 2.05) is 53.1 Å². The van der Waals surface area contributed by atoms with Crippen LogP contribution >= 0.6 is 0 Å². The van der Waals surface area contributed by atoms with E-state index in [9.17, 15) is 9.59 Å². The van der Waals surface area contributed by atoms with Crippen LogP contribution in [0.15, 0.2) is 70.3 Å². The molecule has 0 atom stereocenters. The van der Waals surface area contributed by atoms with Crippen LogP contribution in [0.1, 0.15) is 30.9 Å². The summed E-state index contributed by atoms with van der Waals surface area (Å²) >= 11 is 0. The van der Waals surface area contributed by atoms with Crippen LogP contribution in [0.25, 0.3) is 27.5 Å². The lowest BCUT2D eigenvalue weighted by Crippen LogP contribution is -2.31. The molecule has 0 bridgehead atoms. The van der Waals surface area contributed by atoms with E-state index < -0.39 is 0 Å². The predicted octanol–water partition coefficient (Wildman–Crippen LogP) is 3.53. The first-order chi connectivity index (χ1) is 14.2. The molecule has 5 heteroatoms. The molecule has 1 aliphatic carbocycles. The van der Waals surface area contributed by atoms with Gasteiger partial charge in [-0.15, -0.1) is 0 Å². The minimum absolute atomic E-state index is 0.210. The van der Waals surface area contributed by atoms with Gasteiger partial charge in [-0.25, -0.2) is 0 Å². The molecule has 0 amide bonds. The van der Waals surface area contributed by atoms with Crippen molar-refractivity contribution in [1.82, 2.24) is 9.13 Å². The highest BCUT2D eigenvalue weighted by Crippen LogP contribution is 2.37. The lowest BCUT2D eigenvalue weighted by atomic mass is 9.82. The third-order valence-corrected chi connectivity index (χ3v) is 6.06. The largest absolute Gasteiger partial charge is 0.339 e. The van der Waals surface area contributed by atoms with E-state index in [4.69, 9.17) is 5.73 Å². The van der Waals surface area contributed by atoms with Crippen molar-refractivity contribution in [3.63, 3.8) is 0 Å². The minimum Gasteiger partial charge on any atom is -0.339 e. The van der Waals surface area contributed by atoms with Crippen LogP contribution in [0, 0.1) is 0 Å². The van der Waals surface area contributed by atoms with Crippen molar-refractivity contribution >= 4 is 21.8 Å². The maximum absolute atomic E-state index is 13.7. The first-order valence-corrected chi connectivity index (χ1v) is 10.2. The van der Waals surface area contributed by atoms with Crippen molar-refractivity contribution in [3.05, 3.63) is 86.9 Å². The van der Waals surface area contributed by atoms with E-state index in [0.717, 1.165) is 29.7 Å². The Labute approximate surface area is 168 Å². The highest BCUT2D eigenvalue weighted by atomic mass is 16.1. The number of pyridine rings is 2. The summed E-state index contributed by atoms with van der Waals surface area (Å²) in [6, 6.07) is 19.1. The fourth-order valence-corrected chi connectivity index (χ4v) is 4.43. The molecule has 0 unspecified atom stereocenters. The molecular formula is C24H23N3O2. The molecule has 2 aromatic heterocycles. The van der Waals surface area contributed by atoms with Crippen LogP contribution < -0.4 is 16.7 Å². The topological polar surface area (TPSA) is 70.0 Å². The summed E-state index contributed by atoms with van der Waals surface area (Å²) in [4.78, 5) is 27.1. The molecule has 146 valence electrons. The SMILES string of the molecule is NCCn1c2ccccc2c(=O)c2c(=O)n(-c3ccccc3)c(C3CCC3)cc21. The number of hydrogen-bond donors (Lipinski definition) is 1. The lowest BCUT2D eigenvalue weighted by molar-refractivity contribution is 0.404. The van der Waals surface area contributed by atoms with Gasteiger partial charge in [0.2, 0.25) is 5.43 Å². The van der Waals surface area contributed by atoms with Gasteiger partial charge in [0.15, 0.2) is 0 Å². The first kappa shape index (κ1) is 17.9. The first-order valence-electron chi connectivity index (χ1n) is 10.2. The molecule has 5 rings (SSSR count). The number of nitrogens with two attached hydrogens (primary N) is 1. The summed E-state index contributed by atoms with van der Waals surface area (Å²) in [7, 11) is 0. The Hall–Kier alpha value is -3.18. The normalized spacial score (nSPS) is 14.4. The summed E-state index contributed by atoms with van der Waals surface area (Å²) in [5, 5.41) is 0.797. The van der Waals surface area contributed by atoms with E-state index in [2.05, 4.69) is 6.07 Å². The zero-order chi connectivity index (χ0) is 20.0. The smallest absolute Gasteiger partial charge is 0.268 e. The van der Waals surface area contributed by atoms with Gasteiger partial charge in [0.05, 0.1) is 11.0 Å². The van der Waals surface area contributed by atoms with Gasteiger partial charge in [-0.1, -0.05) is 36.8 Å². The molecule has 0 aliphatic heterocycles. The van der Waals surface area contributed by atoms with Crippen molar-refractivity contribution < 1.29 is 0 Å². The third-order valence-electron chi connectivity index (χ3n) is 6.06. The number of para-hydroxylation sites is 2. The molecule has 4 aromatic rings. The molecule has 29 heavy (non-hydrogen) atoms. The van der Waals surface area contributed by atoms with Crippen molar-refractivity contribution in [2.45, 2.75) is 31.7 Å². The number of aromatic nitrogens is 2. The molecular weight excluding hydrogens is 362 g/mol. The average molecular weight is 385 g/mol. The van der Waals surface area contributed by atoms with Crippen molar-refractivity contribution in [3.8, 4) is 5.69 Å². The Morgan fingerprint density at radius 3 is 2.34 bits per heavy atom. The van der Waals surface area contributed by atoms with Crippen LogP contribution in [0.4, 0.5) is 0 Å². The van der Waals surface area contributed by atoms with Gasteiger partial charge in [0.1, 0.15) is 5.39 Å². The van der Waals surface area contributed by atoms with Gasteiger partial charge in [-0.3, -0.25) is 14.2 Å². The standard InChI is InChI=1S/C24H23N3O2/c25-13-14-26-19-12-5-4-11-18(19)23(28)22-21(26)15-20(16-7-6-8-16)27(24(22)29)17-9-2-1-3-10-17/h1-5,9-12,15-16H,6-8,13-14,25H2. The molecule has 0 radical (unpaired) electrons. The van der Waals surface area contributed by atoms with E-state index in [0.29, 0.717) is 29.9 Å². The molecule has 5 nitrogen and oxygen atoms in total. The number of rotatable bonds is 4. The van der Waals surface area contributed by atoms with Crippen LogP contribution in [-0.2, 0) is 6.54 Å². The fourth-order valence-electron chi connectivity index (χ4n) is 4.43. The average Bonchev–Trinajstić information content (AvgIpc) is 2.70. The van der Waals surface area contributed by atoms with Gasteiger partial charge in [0.25, 0.3) is 5.56 Å². The Balaban J connectivity index is 1.98. The summed E-state index contributed by atoms with van der Waals surface area (Å²) in [5.41, 5.74) is 8.75.